The first-order valence-corrected chi connectivity index (χ1v) is 11.9. The van der Waals surface area contributed by atoms with Gasteiger partial charge in [0.25, 0.3) is 0 Å². The van der Waals surface area contributed by atoms with Crippen molar-refractivity contribution in [2.75, 3.05) is 0 Å². The number of hydrogen-bond donors (Lipinski definition) is 1. The summed E-state index contributed by atoms with van der Waals surface area (Å²) in [6.45, 7) is 1.79. The number of nitriles is 1. The third-order valence-electron chi connectivity index (χ3n) is 5.78. The van der Waals surface area contributed by atoms with Crippen molar-refractivity contribution >= 4 is 56.1 Å². The fraction of sp³-hybridized carbons (Fsp3) is 0.0769. The van der Waals surface area contributed by atoms with Crippen LogP contribution < -0.4 is 15.2 Å². The number of carbonyl (C=O) groups is 1. The molecule has 3 aromatic carbocycles. The van der Waals surface area contributed by atoms with E-state index in [9.17, 15) is 10.1 Å². The van der Waals surface area contributed by atoms with Crippen molar-refractivity contribution in [1.29, 1.82) is 5.26 Å². The molecule has 0 fully saturated rings. The van der Waals surface area contributed by atoms with Crippen LogP contribution in [0.15, 0.2) is 74.9 Å². The van der Waals surface area contributed by atoms with Gasteiger partial charge in [-0.05, 0) is 43.3 Å². The Bertz CT molecular complexity index is 1580. The molecule has 6 nitrogen and oxygen atoms in total. The normalized spacial score (nSPS) is 14.9. The molecular formula is C26H15BrCl2N2O4. The van der Waals surface area contributed by atoms with Gasteiger partial charge in [0.05, 0.1) is 5.92 Å². The van der Waals surface area contributed by atoms with E-state index < -0.39 is 11.9 Å². The largest absolute Gasteiger partial charge is 0.449 e. The van der Waals surface area contributed by atoms with Crippen LogP contribution in [0, 0.1) is 18.3 Å². The van der Waals surface area contributed by atoms with Crippen LogP contribution >= 0.6 is 39.1 Å². The molecule has 0 bridgehead atoms. The van der Waals surface area contributed by atoms with Gasteiger partial charge in [-0.3, -0.25) is 0 Å². The molecule has 1 aromatic heterocycles. The Balaban J connectivity index is 1.52. The summed E-state index contributed by atoms with van der Waals surface area (Å²) >= 11 is 16.3. The average Bonchev–Trinajstić information content (AvgIpc) is 3.14. The lowest BCUT2D eigenvalue weighted by atomic mass is 9.83. The second kappa shape index (κ2) is 8.97. The summed E-state index contributed by atoms with van der Waals surface area (Å²) in [5, 5.41) is 11.4. The number of esters is 1. The minimum absolute atomic E-state index is 0.0804. The molecule has 0 radical (unpaired) electrons. The average molecular weight is 570 g/mol. The van der Waals surface area contributed by atoms with E-state index in [1.165, 1.54) is 6.07 Å². The predicted octanol–water partition coefficient (Wildman–Crippen LogP) is 7.25. The zero-order chi connectivity index (χ0) is 24.9. The number of benzene rings is 3. The number of hydrogen-bond acceptors (Lipinski definition) is 6. The Morgan fingerprint density at radius 1 is 1.14 bits per heavy atom. The molecule has 0 aliphatic carbocycles. The summed E-state index contributed by atoms with van der Waals surface area (Å²) in [7, 11) is 0. The molecule has 0 amide bonds. The van der Waals surface area contributed by atoms with Crippen molar-refractivity contribution in [3.8, 4) is 17.6 Å². The number of ether oxygens (including phenoxy) is 2. The van der Waals surface area contributed by atoms with Crippen LogP contribution in [0.2, 0.25) is 10.0 Å². The van der Waals surface area contributed by atoms with Crippen LogP contribution in [0.4, 0.5) is 0 Å². The quantitative estimate of drug-likeness (QED) is 0.206. The van der Waals surface area contributed by atoms with E-state index in [-0.39, 0.29) is 23.0 Å². The van der Waals surface area contributed by atoms with E-state index in [1.807, 2.05) is 12.1 Å². The number of fused-ring (bicyclic) bond motifs is 2. The van der Waals surface area contributed by atoms with E-state index >= 15 is 0 Å². The van der Waals surface area contributed by atoms with Crippen LogP contribution in [0.1, 0.15) is 33.2 Å². The predicted molar refractivity (Wildman–Crippen MR) is 136 cm³/mol. The summed E-state index contributed by atoms with van der Waals surface area (Å²) in [5.41, 5.74) is 8.64. The zero-order valence-corrected chi connectivity index (χ0v) is 21.2. The van der Waals surface area contributed by atoms with Crippen LogP contribution in [-0.2, 0) is 0 Å². The number of allylic oxidation sites excluding steroid dienone is 1. The van der Waals surface area contributed by atoms with Crippen molar-refractivity contribution in [1.82, 2.24) is 0 Å². The van der Waals surface area contributed by atoms with E-state index in [0.717, 1.165) is 9.86 Å². The molecule has 35 heavy (non-hydrogen) atoms. The SMILES string of the molecule is Cc1c(C(=O)Oc2ccc3c(c2)OC(N)=C(C#N)C3c2c(Cl)cccc2Cl)oc2cc(Br)ccc12. The summed E-state index contributed by atoms with van der Waals surface area (Å²) in [5.74, 6) is -0.750. The monoisotopic (exact) mass is 568 g/mol. The lowest BCUT2D eigenvalue weighted by Gasteiger charge is -2.27. The smallest absolute Gasteiger partial charge is 0.379 e. The fourth-order valence-corrected chi connectivity index (χ4v) is 5.09. The molecule has 174 valence electrons. The summed E-state index contributed by atoms with van der Waals surface area (Å²) in [6.07, 6.45) is 0. The Morgan fingerprint density at radius 3 is 2.60 bits per heavy atom. The van der Waals surface area contributed by atoms with Crippen LogP contribution in [0.25, 0.3) is 11.0 Å². The molecular weight excluding hydrogens is 555 g/mol. The number of rotatable bonds is 3. The van der Waals surface area contributed by atoms with Gasteiger partial charge in [-0.1, -0.05) is 51.3 Å². The van der Waals surface area contributed by atoms with Gasteiger partial charge in [0.15, 0.2) is 0 Å². The number of nitrogens with two attached hydrogens (primary N) is 1. The Morgan fingerprint density at radius 2 is 1.89 bits per heavy atom. The molecule has 2 N–H and O–H groups in total. The molecule has 1 aliphatic rings. The van der Waals surface area contributed by atoms with Gasteiger partial charge in [-0.15, -0.1) is 0 Å². The standard InChI is InChI=1S/C26H15BrCl2N2O4/c1-12-15-7-5-13(27)9-20(15)34-24(12)26(32)33-14-6-8-16-21(10-14)35-25(31)17(11-30)22(16)23-18(28)3-2-4-19(23)29/h2-10,22H,31H2,1H3. The highest BCUT2D eigenvalue weighted by molar-refractivity contribution is 9.10. The van der Waals surface area contributed by atoms with Gasteiger partial charge in [0.1, 0.15) is 28.7 Å². The van der Waals surface area contributed by atoms with Crippen molar-refractivity contribution in [2.45, 2.75) is 12.8 Å². The first kappa shape index (κ1) is 23.3. The Hall–Kier alpha value is -3.44. The topological polar surface area (TPSA) is 98.5 Å². The maximum atomic E-state index is 12.9. The molecule has 5 rings (SSSR count). The number of halogens is 3. The third kappa shape index (κ3) is 4.04. The Labute approximate surface area is 218 Å². The third-order valence-corrected chi connectivity index (χ3v) is 6.93. The Kier molecular flexibility index (Phi) is 5.97. The van der Waals surface area contributed by atoms with E-state index in [0.29, 0.717) is 38.1 Å². The summed E-state index contributed by atoms with van der Waals surface area (Å²) in [6, 6.07) is 17.5. The molecule has 1 atom stereocenters. The molecule has 1 unspecified atom stereocenters. The minimum atomic E-state index is -0.655. The molecule has 1 aliphatic heterocycles. The lowest BCUT2D eigenvalue weighted by molar-refractivity contribution is 0.0702. The van der Waals surface area contributed by atoms with Crippen molar-refractivity contribution < 1.29 is 18.7 Å². The zero-order valence-electron chi connectivity index (χ0n) is 18.1. The number of nitrogens with zero attached hydrogens (tertiary/aromatic N) is 1. The number of furan rings is 1. The number of aryl methyl sites for hydroxylation is 1. The molecule has 9 heteroatoms. The van der Waals surface area contributed by atoms with Gasteiger partial charge in [0, 0.05) is 42.7 Å². The summed E-state index contributed by atoms with van der Waals surface area (Å²) in [4.78, 5) is 12.9. The van der Waals surface area contributed by atoms with Crippen molar-refractivity contribution in [3.05, 3.63) is 103 Å². The van der Waals surface area contributed by atoms with Gasteiger partial charge in [0.2, 0.25) is 11.6 Å². The maximum absolute atomic E-state index is 12.9. The van der Waals surface area contributed by atoms with E-state index in [1.54, 1.807) is 43.3 Å². The highest BCUT2D eigenvalue weighted by atomic mass is 79.9. The highest BCUT2D eigenvalue weighted by Crippen LogP contribution is 2.47. The first-order chi connectivity index (χ1) is 16.8. The second-order valence-electron chi connectivity index (χ2n) is 7.85. The van der Waals surface area contributed by atoms with E-state index in [4.69, 9.17) is 42.8 Å². The molecule has 0 saturated heterocycles. The first-order valence-electron chi connectivity index (χ1n) is 10.3. The maximum Gasteiger partial charge on any atom is 0.379 e. The molecule has 0 spiro atoms. The van der Waals surface area contributed by atoms with Crippen molar-refractivity contribution in [3.63, 3.8) is 0 Å². The van der Waals surface area contributed by atoms with Crippen molar-refractivity contribution in [2.24, 2.45) is 5.73 Å². The minimum Gasteiger partial charge on any atom is -0.449 e. The van der Waals surface area contributed by atoms with Gasteiger partial charge < -0.3 is 19.6 Å². The summed E-state index contributed by atoms with van der Waals surface area (Å²) < 4.78 is 17.9. The van der Waals surface area contributed by atoms with Crippen LogP contribution in [-0.4, -0.2) is 5.97 Å². The van der Waals surface area contributed by atoms with Gasteiger partial charge >= 0.3 is 5.97 Å². The molecule has 0 saturated carbocycles. The number of carbonyl (C=O) groups excluding carboxylic acids is 1. The van der Waals surface area contributed by atoms with E-state index in [2.05, 4.69) is 22.0 Å². The van der Waals surface area contributed by atoms with Gasteiger partial charge in [-0.2, -0.15) is 5.26 Å². The molecule has 2 heterocycles. The van der Waals surface area contributed by atoms with Crippen LogP contribution in [0.5, 0.6) is 11.5 Å². The second-order valence-corrected chi connectivity index (χ2v) is 9.58. The lowest BCUT2D eigenvalue weighted by Crippen LogP contribution is -2.21. The molecule has 4 aromatic rings. The van der Waals surface area contributed by atoms with Gasteiger partial charge in [-0.25, -0.2) is 4.79 Å². The fourth-order valence-electron chi connectivity index (χ4n) is 4.13. The highest BCUT2D eigenvalue weighted by Gasteiger charge is 2.34. The van der Waals surface area contributed by atoms with Crippen LogP contribution in [0.3, 0.4) is 0 Å².